The minimum atomic E-state index is -0.988. The maximum atomic E-state index is 13.4. The molecule has 1 fully saturated rings. The van der Waals surface area contributed by atoms with Crippen molar-refractivity contribution < 1.29 is 29.0 Å². The van der Waals surface area contributed by atoms with Gasteiger partial charge in [0.15, 0.2) is 5.13 Å². The molecule has 202 valence electrons. The number of benzene rings is 2. The van der Waals surface area contributed by atoms with Gasteiger partial charge >= 0.3 is 11.9 Å². The largest absolute Gasteiger partial charge is 0.507 e. The molecule has 9 nitrogen and oxygen atoms in total. The van der Waals surface area contributed by atoms with Crippen molar-refractivity contribution in [2.24, 2.45) is 0 Å². The summed E-state index contributed by atoms with van der Waals surface area (Å²) in [6, 6.07) is 18.6. The minimum absolute atomic E-state index is 0.0975. The van der Waals surface area contributed by atoms with E-state index in [1.165, 1.54) is 17.3 Å². The number of hydrogen-bond donors (Lipinski definition) is 1. The molecule has 1 amide bonds. The summed E-state index contributed by atoms with van der Waals surface area (Å²) in [5, 5.41) is 11.5. The number of aromatic nitrogens is 2. The van der Waals surface area contributed by atoms with Gasteiger partial charge in [-0.1, -0.05) is 41.7 Å². The van der Waals surface area contributed by atoms with Gasteiger partial charge in [-0.05, 0) is 61.4 Å². The first-order chi connectivity index (χ1) is 19.4. The molecule has 4 aromatic rings. The van der Waals surface area contributed by atoms with Crippen LogP contribution in [-0.2, 0) is 20.9 Å². The van der Waals surface area contributed by atoms with E-state index in [0.717, 1.165) is 16.9 Å². The molecule has 1 atom stereocenters. The maximum Gasteiger partial charge on any atom is 0.350 e. The van der Waals surface area contributed by atoms with Crippen LogP contribution in [0.4, 0.5) is 5.13 Å². The molecule has 0 bridgehead atoms. The van der Waals surface area contributed by atoms with E-state index in [-0.39, 0.29) is 27.9 Å². The van der Waals surface area contributed by atoms with Crippen LogP contribution in [-0.4, -0.2) is 39.3 Å². The number of carbonyl (C=O) groups excluding carboxylic acids is 3. The third-order valence-corrected chi connectivity index (χ3v) is 7.43. The number of thiazole rings is 1. The fourth-order valence-corrected chi connectivity index (χ4v) is 5.36. The van der Waals surface area contributed by atoms with Crippen LogP contribution in [0.5, 0.6) is 5.75 Å². The van der Waals surface area contributed by atoms with Gasteiger partial charge in [-0.3, -0.25) is 19.5 Å². The third-order valence-electron chi connectivity index (χ3n) is 6.29. The fraction of sp³-hybridized carbons (Fsp3) is 0.167. The molecule has 2 aromatic heterocycles. The molecule has 1 aliphatic heterocycles. The van der Waals surface area contributed by atoms with Gasteiger partial charge in [0.25, 0.3) is 5.78 Å². The number of rotatable bonds is 8. The fourth-order valence-electron chi connectivity index (χ4n) is 4.37. The van der Waals surface area contributed by atoms with Gasteiger partial charge in [0.05, 0.1) is 23.9 Å². The number of aryl methyl sites for hydroxylation is 1. The molecule has 0 aliphatic carbocycles. The lowest BCUT2D eigenvalue weighted by atomic mass is 9.96. The predicted molar refractivity (Wildman–Crippen MR) is 149 cm³/mol. The van der Waals surface area contributed by atoms with Crippen LogP contribution >= 0.6 is 11.3 Å². The van der Waals surface area contributed by atoms with E-state index in [1.807, 2.05) is 30.3 Å². The number of hydrogen-bond acceptors (Lipinski definition) is 9. The summed E-state index contributed by atoms with van der Waals surface area (Å²) in [6.07, 6.45) is 3.07. The summed E-state index contributed by atoms with van der Waals surface area (Å²) in [5.41, 5.74) is 2.17. The van der Waals surface area contributed by atoms with Crippen LogP contribution in [0.25, 0.3) is 5.76 Å². The zero-order valence-corrected chi connectivity index (χ0v) is 22.6. The number of ether oxygens (including phenoxy) is 2. The first-order valence-corrected chi connectivity index (χ1v) is 13.3. The first kappa shape index (κ1) is 26.8. The van der Waals surface area contributed by atoms with Crippen molar-refractivity contribution in [2.45, 2.75) is 26.5 Å². The van der Waals surface area contributed by atoms with E-state index >= 15 is 0 Å². The van der Waals surface area contributed by atoms with Gasteiger partial charge < -0.3 is 14.6 Å². The number of Topliss-reactive ketones (excluding diaryl/α,β-unsaturated/α-hetero) is 1. The molecule has 0 saturated carbocycles. The summed E-state index contributed by atoms with van der Waals surface area (Å²) in [6.45, 7) is 3.88. The molecule has 10 heteroatoms. The first-order valence-electron chi connectivity index (χ1n) is 12.5. The second kappa shape index (κ2) is 11.5. The van der Waals surface area contributed by atoms with E-state index in [0.29, 0.717) is 29.2 Å². The highest BCUT2D eigenvalue weighted by molar-refractivity contribution is 7.17. The van der Waals surface area contributed by atoms with Gasteiger partial charge in [0.1, 0.15) is 23.0 Å². The smallest absolute Gasteiger partial charge is 0.350 e. The molecule has 1 unspecified atom stereocenters. The number of aliphatic hydroxyl groups excluding tert-OH is 1. The Hall–Kier alpha value is -4.83. The molecule has 0 radical (unpaired) electrons. The standard InChI is InChI=1S/C30H25N3O6S/c1-3-38-29(37)27-18(2)32-30(40-27)33-24(20-13-15-31-16-14-20)23(26(35)28(33)36)25(34)21-9-11-22(12-10-21)39-17-19-7-5-4-6-8-19/h4-16,24,34H,3,17H2,1-2H3/b25-23+. The average molecular weight is 556 g/mol. The molecule has 5 rings (SSSR count). The molecule has 2 aromatic carbocycles. The maximum absolute atomic E-state index is 13.4. The van der Waals surface area contributed by atoms with Crippen LogP contribution in [0.15, 0.2) is 84.7 Å². The van der Waals surface area contributed by atoms with Gasteiger partial charge in [0.2, 0.25) is 0 Å². The monoisotopic (exact) mass is 555 g/mol. The molecule has 1 N–H and O–H groups in total. The van der Waals surface area contributed by atoms with Crippen molar-refractivity contribution >= 4 is 39.9 Å². The van der Waals surface area contributed by atoms with Crippen molar-refractivity contribution in [3.05, 3.63) is 112 Å². The van der Waals surface area contributed by atoms with Crippen LogP contribution in [0.2, 0.25) is 0 Å². The predicted octanol–water partition coefficient (Wildman–Crippen LogP) is 5.23. The summed E-state index contributed by atoms with van der Waals surface area (Å²) in [5.74, 6) is -2.05. The topological polar surface area (TPSA) is 119 Å². The van der Waals surface area contributed by atoms with Crippen molar-refractivity contribution in [3.63, 3.8) is 0 Å². The van der Waals surface area contributed by atoms with Crippen LogP contribution in [0, 0.1) is 6.92 Å². The lowest BCUT2D eigenvalue weighted by molar-refractivity contribution is -0.132. The lowest BCUT2D eigenvalue weighted by Crippen LogP contribution is -2.29. The number of esters is 1. The van der Waals surface area contributed by atoms with Gasteiger partial charge in [-0.25, -0.2) is 9.78 Å². The molecule has 0 spiro atoms. The number of carbonyl (C=O) groups is 3. The van der Waals surface area contributed by atoms with Crippen LogP contribution in [0.3, 0.4) is 0 Å². The number of aliphatic hydroxyl groups is 1. The zero-order valence-electron chi connectivity index (χ0n) is 21.7. The van der Waals surface area contributed by atoms with E-state index in [4.69, 9.17) is 9.47 Å². The number of ketones is 1. The SMILES string of the molecule is CCOC(=O)c1sc(N2C(=O)C(=O)/C(=C(/O)c3ccc(OCc4ccccc4)cc3)C2c2ccncc2)nc1C. The van der Waals surface area contributed by atoms with Crippen molar-refractivity contribution in [1.29, 1.82) is 0 Å². The number of nitrogens with zero attached hydrogens (tertiary/aromatic N) is 3. The van der Waals surface area contributed by atoms with Crippen molar-refractivity contribution in [3.8, 4) is 5.75 Å². The van der Waals surface area contributed by atoms with Gasteiger partial charge in [-0.2, -0.15) is 0 Å². The number of pyridine rings is 1. The summed E-state index contributed by atoms with van der Waals surface area (Å²) in [7, 11) is 0. The second-order valence-electron chi connectivity index (χ2n) is 8.88. The highest BCUT2D eigenvalue weighted by Crippen LogP contribution is 2.43. The van der Waals surface area contributed by atoms with Crippen LogP contribution in [0.1, 0.15) is 45.0 Å². The van der Waals surface area contributed by atoms with Crippen LogP contribution < -0.4 is 9.64 Å². The molecule has 40 heavy (non-hydrogen) atoms. The van der Waals surface area contributed by atoms with E-state index in [1.54, 1.807) is 50.2 Å². The minimum Gasteiger partial charge on any atom is -0.507 e. The Morgan fingerprint density at radius 2 is 1.73 bits per heavy atom. The normalized spacial score (nSPS) is 16.2. The van der Waals surface area contributed by atoms with Crippen molar-refractivity contribution in [1.82, 2.24) is 9.97 Å². The molecular formula is C30H25N3O6S. The van der Waals surface area contributed by atoms with E-state index < -0.39 is 23.7 Å². The Kier molecular flexibility index (Phi) is 7.70. The third kappa shape index (κ3) is 5.21. The second-order valence-corrected chi connectivity index (χ2v) is 9.86. The Balaban J connectivity index is 1.52. The van der Waals surface area contributed by atoms with Gasteiger partial charge in [0, 0.05) is 18.0 Å². The molecule has 3 heterocycles. The highest BCUT2D eigenvalue weighted by atomic mass is 32.1. The lowest BCUT2D eigenvalue weighted by Gasteiger charge is -2.22. The Morgan fingerprint density at radius 3 is 2.40 bits per heavy atom. The Labute approximate surface area is 234 Å². The highest BCUT2D eigenvalue weighted by Gasteiger charge is 2.48. The number of anilines is 1. The average Bonchev–Trinajstić information content (AvgIpc) is 3.49. The quantitative estimate of drug-likeness (QED) is 0.136. The molecule has 1 aliphatic rings. The molecule has 1 saturated heterocycles. The number of amides is 1. The Bertz CT molecular complexity index is 1580. The summed E-state index contributed by atoms with van der Waals surface area (Å²) >= 11 is 0.955. The molecular weight excluding hydrogens is 530 g/mol. The zero-order chi connectivity index (χ0) is 28.2. The van der Waals surface area contributed by atoms with Gasteiger partial charge in [-0.15, -0.1) is 0 Å². The summed E-state index contributed by atoms with van der Waals surface area (Å²) < 4.78 is 10.9. The Morgan fingerprint density at radius 1 is 1.02 bits per heavy atom. The summed E-state index contributed by atoms with van der Waals surface area (Å²) in [4.78, 5) is 49.1. The van der Waals surface area contributed by atoms with E-state index in [9.17, 15) is 19.5 Å². The van der Waals surface area contributed by atoms with Crippen molar-refractivity contribution in [2.75, 3.05) is 11.5 Å². The van der Waals surface area contributed by atoms with E-state index in [2.05, 4.69) is 9.97 Å².